The van der Waals surface area contributed by atoms with E-state index in [1.807, 2.05) is 0 Å². The van der Waals surface area contributed by atoms with Gasteiger partial charge in [0, 0.05) is 29.1 Å². The molecule has 0 aromatic rings. The van der Waals surface area contributed by atoms with Crippen molar-refractivity contribution in [3.63, 3.8) is 0 Å². The van der Waals surface area contributed by atoms with Gasteiger partial charge in [-0.25, -0.2) is 0 Å². The quantitative estimate of drug-likeness (QED) is 0.348. The summed E-state index contributed by atoms with van der Waals surface area (Å²) < 4.78 is 0.0451. The van der Waals surface area contributed by atoms with Gasteiger partial charge in [-0.3, -0.25) is 4.79 Å². The molecule has 9 heavy (non-hydrogen) atoms. The Morgan fingerprint density at radius 2 is 2.22 bits per heavy atom. The normalized spacial score (nSPS) is 9.11. The van der Waals surface area contributed by atoms with Crippen molar-refractivity contribution in [1.29, 1.82) is 0 Å². The molecule has 1 amide bonds. The van der Waals surface area contributed by atoms with Gasteiger partial charge < -0.3 is 5.32 Å². The van der Waals surface area contributed by atoms with Gasteiger partial charge in [-0.2, -0.15) is 0 Å². The fraction of sp³-hybridized carbons (Fsp3) is 0.833. The van der Waals surface area contributed by atoms with Gasteiger partial charge in [0.1, 0.15) is 0 Å². The summed E-state index contributed by atoms with van der Waals surface area (Å²) in [6.07, 6.45) is 3.51. The maximum Gasteiger partial charge on any atom is 0.280 e. The molecule has 3 heteroatoms. The minimum atomic E-state index is 0.0451. The first-order valence-electron chi connectivity index (χ1n) is 3.20. The second-order valence-corrected chi connectivity index (χ2v) is 2.89. The van der Waals surface area contributed by atoms with Crippen LogP contribution in [-0.4, -0.2) is 10.5 Å². The predicted octanol–water partition coefficient (Wildman–Crippen LogP) is 2.32. The van der Waals surface area contributed by atoms with Crippen LogP contribution in [0.25, 0.3) is 0 Å². The van der Waals surface area contributed by atoms with Gasteiger partial charge in [-0.15, -0.1) is 0 Å². The molecule has 0 saturated carbocycles. The molecule has 0 aliphatic carbocycles. The second-order valence-electron chi connectivity index (χ2n) is 1.91. The maximum absolute atomic E-state index is 10.3. The molecule has 0 unspecified atom stereocenters. The number of carbonyl (C=O) groups excluding carboxylic acids is 1. The van der Waals surface area contributed by atoms with Crippen LogP contribution >= 0.6 is 22.6 Å². The highest BCUT2D eigenvalue weighted by Gasteiger charge is 1.89. The molecule has 0 heterocycles. The largest absolute Gasteiger partial charge is 0.348 e. The van der Waals surface area contributed by atoms with E-state index in [2.05, 4.69) is 12.2 Å². The Morgan fingerprint density at radius 3 is 2.67 bits per heavy atom. The van der Waals surface area contributed by atoms with E-state index in [9.17, 15) is 4.79 Å². The summed E-state index contributed by atoms with van der Waals surface area (Å²) in [5, 5.41) is 2.73. The van der Waals surface area contributed by atoms with Crippen LogP contribution in [0.4, 0.5) is 4.79 Å². The molecule has 0 fully saturated rings. The monoisotopic (exact) mass is 241 g/mol. The van der Waals surface area contributed by atoms with Crippen molar-refractivity contribution in [3.05, 3.63) is 0 Å². The Kier molecular flexibility index (Phi) is 6.46. The summed E-state index contributed by atoms with van der Waals surface area (Å²) in [5.41, 5.74) is 0. The third-order valence-electron chi connectivity index (χ3n) is 1.04. The van der Waals surface area contributed by atoms with E-state index in [1.54, 1.807) is 22.6 Å². The topological polar surface area (TPSA) is 29.1 Å². The summed E-state index contributed by atoms with van der Waals surface area (Å²) in [4.78, 5) is 10.3. The van der Waals surface area contributed by atoms with Crippen molar-refractivity contribution in [2.45, 2.75) is 26.2 Å². The number of rotatable bonds is 4. The molecule has 0 bridgehead atoms. The first-order chi connectivity index (χ1) is 4.27. The fourth-order valence-corrected chi connectivity index (χ4v) is 0.831. The molecule has 0 aliphatic rings. The zero-order chi connectivity index (χ0) is 7.11. The van der Waals surface area contributed by atoms with Gasteiger partial charge in [0.25, 0.3) is 3.91 Å². The average Bonchev–Trinajstić information content (AvgIpc) is 1.80. The van der Waals surface area contributed by atoms with E-state index >= 15 is 0 Å². The molecule has 0 saturated heterocycles. The van der Waals surface area contributed by atoms with Crippen LogP contribution in [0.1, 0.15) is 26.2 Å². The van der Waals surface area contributed by atoms with E-state index in [0.29, 0.717) is 0 Å². The van der Waals surface area contributed by atoms with E-state index in [0.717, 1.165) is 13.0 Å². The number of carbonyl (C=O) groups is 1. The zero-order valence-electron chi connectivity index (χ0n) is 5.61. The Bertz CT molecular complexity index is 85.1. The Hall–Kier alpha value is 0.200. The van der Waals surface area contributed by atoms with Crippen molar-refractivity contribution in [1.82, 2.24) is 5.32 Å². The van der Waals surface area contributed by atoms with Crippen molar-refractivity contribution in [2.24, 2.45) is 0 Å². The summed E-state index contributed by atoms with van der Waals surface area (Å²) in [5.74, 6) is 0. The van der Waals surface area contributed by atoms with Gasteiger partial charge in [-0.05, 0) is 6.42 Å². The Morgan fingerprint density at radius 1 is 1.56 bits per heavy atom. The van der Waals surface area contributed by atoms with Crippen LogP contribution in [0.3, 0.4) is 0 Å². The van der Waals surface area contributed by atoms with Crippen molar-refractivity contribution in [3.8, 4) is 0 Å². The van der Waals surface area contributed by atoms with Gasteiger partial charge in [-0.1, -0.05) is 19.8 Å². The SMILES string of the molecule is CCCCCNC(=O)I. The lowest BCUT2D eigenvalue weighted by Crippen LogP contribution is -2.16. The number of halogens is 1. The molecule has 0 aromatic heterocycles. The fourth-order valence-electron chi connectivity index (χ4n) is 0.562. The number of amides is 1. The molecule has 2 nitrogen and oxygen atoms in total. The molecule has 1 N–H and O–H groups in total. The molecule has 0 aromatic carbocycles. The lowest BCUT2D eigenvalue weighted by Gasteiger charge is -1.97. The number of unbranched alkanes of at least 4 members (excludes halogenated alkanes) is 2. The molecular weight excluding hydrogens is 229 g/mol. The molecule has 0 radical (unpaired) electrons. The highest BCUT2D eigenvalue weighted by Crippen LogP contribution is 1.92. The van der Waals surface area contributed by atoms with Crippen LogP contribution in [-0.2, 0) is 0 Å². The number of hydrogen-bond acceptors (Lipinski definition) is 1. The lowest BCUT2D eigenvalue weighted by atomic mass is 10.2. The summed E-state index contributed by atoms with van der Waals surface area (Å²) >= 11 is 1.74. The van der Waals surface area contributed by atoms with Gasteiger partial charge in [0.2, 0.25) is 0 Å². The standard InChI is InChI=1S/C6H12INO/c1-2-3-4-5-8-6(7)9/h2-5H2,1H3,(H,8,9). The smallest absolute Gasteiger partial charge is 0.280 e. The zero-order valence-corrected chi connectivity index (χ0v) is 7.77. The molecular formula is C6H12INO. The highest BCUT2D eigenvalue weighted by atomic mass is 127. The van der Waals surface area contributed by atoms with Crippen molar-refractivity contribution in [2.75, 3.05) is 6.54 Å². The summed E-state index contributed by atoms with van der Waals surface area (Å²) in [6.45, 7) is 2.97. The van der Waals surface area contributed by atoms with Crippen LogP contribution in [0, 0.1) is 0 Å². The minimum absolute atomic E-state index is 0.0451. The van der Waals surface area contributed by atoms with Gasteiger partial charge in [0.15, 0.2) is 0 Å². The van der Waals surface area contributed by atoms with E-state index in [1.165, 1.54) is 12.8 Å². The summed E-state index contributed by atoms with van der Waals surface area (Å²) in [6, 6.07) is 0. The Balaban J connectivity index is 2.83. The highest BCUT2D eigenvalue weighted by molar-refractivity contribution is 14.1. The van der Waals surface area contributed by atoms with Gasteiger partial charge >= 0.3 is 0 Å². The maximum atomic E-state index is 10.3. The molecule has 0 spiro atoms. The first kappa shape index (κ1) is 9.20. The first-order valence-corrected chi connectivity index (χ1v) is 4.28. The average molecular weight is 241 g/mol. The summed E-state index contributed by atoms with van der Waals surface area (Å²) in [7, 11) is 0. The van der Waals surface area contributed by atoms with Crippen LogP contribution < -0.4 is 5.32 Å². The third-order valence-corrected chi connectivity index (χ3v) is 1.43. The molecule has 0 atom stereocenters. The minimum Gasteiger partial charge on any atom is -0.348 e. The van der Waals surface area contributed by atoms with E-state index < -0.39 is 0 Å². The number of nitrogens with one attached hydrogen (secondary N) is 1. The predicted molar refractivity (Wildman–Crippen MR) is 46.9 cm³/mol. The molecule has 0 aliphatic heterocycles. The van der Waals surface area contributed by atoms with Crippen LogP contribution in [0.15, 0.2) is 0 Å². The molecule has 0 rings (SSSR count). The Labute approximate surface area is 69.5 Å². The van der Waals surface area contributed by atoms with E-state index in [4.69, 9.17) is 0 Å². The van der Waals surface area contributed by atoms with Crippen molar-refractivity contribution < 1.29 is 4.79 Å². The van der Waals surface area contributed by atoms with Crippen LogP contribution in [0.5, 0.6) is 0 Å². The van der Waals surface area contributed by atoms with Crippen LogP contribution in [0.2, 0.25) is 0 Å². The lowest BCUT2D eigenvalue weighted by molar-refractivity contribution is 0.263. The second kappa shape index (κ2) is 6.32. The number of hydrogen-bond donors (Lipinski definition) is 1. The third kappa shape index (κ3) is 8.20. The van der Waals surface area contributed by atoms with E-state index in [-0.39, 0.29) is 3.91 Å². The van der Waals surface area contributed by atoms with Gasteiger partial charge in [0.05, 0.1) is 0 Å². The van der Waals surface area contributed by atoms with Crippen molar-refractivity contribution >= 4 is 26.5 Å². The molecule has 54 valence electrons.